The van der Waals surface area contributed by atoms with Crippen molar-refractivity contribution in [1.29, 1.82) is 0 Å². The molecule has 5 nitrogen and oxygen atoms in total. The Labute approximate surface area is 143 Å². The van der Waals surface area contributed by atoms with Crippen molar-refractivity contribution in [3.63, 3.8) is 0 Å². The van der Waals surface area contributed by atoms with Crippen LogP contribution in [0.3, 0.4) is 0 Å². The molecular weight excluding hydrogens is 300 g/mol. The normalized spacial score (nSPS) is 14.4. The summed E-state index contributed by atoms with van der Waals surface area (Å²) in [6, 6.07) is 10.4. The molecule has 2 aromatic rings. The fourth-order valence-electron chi connectivity index (χ4n) is 2.94. The van der Waals surface area contributed by atoms with E-state index < -0.39 is 0 Å². The summed E-state index contributed by atoms with van der Waals surface area (Å²) in [4.78, 5) is 22.8. The summed E-state index contributed by atoms with van der Waals surface area (Å²) in [6.45, 7) is 2.50. The van der Waals surface area contributed by atoms with Gasteiger partial charge >= 0.3 is 0 Å². The quantitative estimate of drug-likeness (QED) is 0.829. The molecule has 0 unspecified atom stereocenters. The number of piperidine rings is 1. The maximum Gasteiger partial charge on any atom is 0.274 e. The van der Waals surface area contributed by atoms with Crippen molar-refractivity contribution in [2.75, 3.05) is 25.0 Å². The van der Waals surface area contributed by atoms with Crippen LogP contribution in [-0.4, -0.2) is 40.4 Å². The van der Waals surface area contributed by atoms with Gasteiger partial charge in [0.1, 0.15) is 11.5 Å². The third-order valence-electron chi connectivity index (χ3n) is 4.31. The zero-order valence-electron chi connectivity index (χ0n) is 13.9. The number of nitrogens with zero attached hydrogens (tertiary/aromatic N) is 3. The number of carbonyl (C=O) groups excluding carboxylic acids is 1. The summed E-state index contributed by atoms with van der Waals surface area (Å²) in [7, 11) is 0. The van der Waals surface area contributed by atoms with E-state index in [4.69, 9.17) is 0 Å². The first kappa shape index (κ1) is 16.4. The predicted octanol–water partition coefficient (Wildman–Crippen LogP) is 3.15. The number of anilines is 1. The Morgan fingerprint density at radius 2 is 1.83 bits per heavy atom. The van der Waals surface area contributed by atoms with Crippen LogP contribution in [0.5, 0.6) is 0 Å². The highest BCUT2D eigenvalue weighted by Gasteiger charge is 2.19. The monoisotopic (exact) mass is 324 g/mol. The van der Waals surface area contributed by atoms with Crippen LogP contribution in [0.4, 0.5) is 5.82 Å². The summed E-state index contributed by atoms with van der Waals surface area (Å²) in [5, 5.41) is 3.26. The van der Waals surface area contributed by atoms with Gasteiger partial charge in [-0.25, -0.2) is 9.97 Å². The number of hydrogen-bond donors (Lipinski definition) is 1. The Morgan fingerprint density at radius 3 is 2.54 bits per heavy atom. The summed E-state index contributed by atoms with van der Waals surface area (Å²) < 4.78 is 0. The van der Waals surface area contributed by atoms with Crippen molar-refractivity contribution >= 4 is 11.7 Å². The van der Waals surface area contributed by atoms with E-state index in [2.05, 4.69) is 39.6 Å². The van der Waals surface area contributed by atoms with Gasteiger partial charge in [-0.05, 0) is 37.7 Å². The number of hydrogen-bond acceptors (Lipinski definition) is 4. The Bertz CT molecular complexity index is 636. The predicted molar refractivity (Wildman–Crippen MR) is 95.0 cm³/mol. The minimum absolute atomic E-state index is 0.00201. The van der Waals surface area contributed by atoms with Crippen molar-refractivity contribution in [2.45, 2.75) is 32.1 Å². The number of carbonyl (C=O) groups is 1. The van der Waals surface area contributed by atoms with Crippen molar-refractivity contribution in [3.8, 4) is 0 Å². The van der Waals surface area contributed by atoms with Gasteiger partial charge in [-0.1, -0.05) is 30.3 Å². The van der Waals surface area contributed by atoms with Crippen LogP contribution in [-0.2, 0) is 6.42 Å². The first-order valence-electron chi connectivity index (χ1n) is 8.72. The van der Waals surface area contributed by atoms with Gasteiger partial charge < -0.3 is 10.2 Å². The second-order valence-corrected chi connectivity index (χ2v) is 6.16. The molecule has 1 fully saturated rings. The molecule has 5 heteroatoms. The average molecular weight is 324 g/mol. The molecule has 1 N–H and O–H groups in total. The number of aromatic nitrogens is 2. The van der Waals surface area contributed by atoms with Crippen LogP contribution in [0.15, 0.2) is 42.7 Å². The first-order chi connectivity index (χ1) is 11.8. The van der Waals surface area contributed by atoms with E-state index in [1.165, 1.54) is 12.0 Å². The molecule has 0 radical (unpaired) electrons. The molecule has 2 heterocycles. The summed E-state index contributed by atoms with van der Waals surface area (Å²) >= 11 is 0. The maximum absolute atomic E-state index is 12.3. The van der Waals surface area contributed by atoms with Crippen molar-refractivity contribution < 1.29 is 4.79 Å². The van der Waals surface area contributed by atoms with Crippen molar-refractivity contribution in [2.24, 2.45) is 0 Å². The number of benzene rings is 1. The highest BCUT2D eigenvalue weighted by Crippen LogP contribution is 2.12. The largest absolute Gasteiger partial charge is 0.369 e. The molecule has 126 valence electrons. The van der Waals surface area contributed by atoms with Crippen molar-refractivity contribution in [1.82, 2.24) is 14.9 Å². The van der Waals surface area contributed by atoms with Gasteiger partial charge in [0.25, 0.3) is 5.91 Å². The molecule has 1 amide bonds. The number of likely N-dealkylation sites (tertiary alicyclic amines) is 1. The van der Waals surface area contributed by atoms with Crippen molar-refractivity contribution in [3.05, 3.63) is 54.0 Å². The topological polar surface area (TPSA) is 58.1 Å². The van der Waals surface area contributed by atoms with E-state index in [9.17, 15) is 4.79 Å². The molecule has 1 aliphatic rings. The molecular formula is C19H24N4O. The second kappa shape index (κ2) is 8.43. The summed E-state index contributed by atoms with van der Waals surface area (Å²) in [5.74, 6) is 0.719. The summed E-state index contributed by atoms with van der Waals surface area (Å²) in [6.07, 6.45) is 8.67. The molecule has 1 saturated heterocycles. The molecule has 0 saturated carbocycles. The maximum atomic E-state index is 12.3. The Hall–Kier alpha value is -2.43. The Morgan fingerprint density at radius 1 is 1.04 bits per heavy atom. The van der Waals surface area contributed by atoms with E-state index in [0.29, 0.717) is 5.69 Å². The molecule has 0 aliphatic carbocycles. The zero-order chi connectivity index (χ0) is 16.6. The van der Waals surface area contributed by atoms with E-state index in [-0.39, 0.29) is 5.91 Å². The number of amides is 1. The lowest BCUT2D eigenvalue weighted by Gasteiger charge is -2.26. The number of aryl methyl sites for hydroxylation is 1. The third kappa shape index (κ3) is 4.54. The highest BCUT2D eigenvalue weighted by molar-refractivity contribution is 5.92. The second-order valence-electron chi connectivity index (χ2n) is 6.16. The lowest BCUT2D eigenvalue weighted by Crippen LogP contribution is -2.36. The standard InChI is InChI=1S/C19H24N4O/c24-19(23-12-5-2-6-13-23)17-14-22-18(15-21-17)20-11-7-10-16-8-3-1-4-9-16/h1,3-4,8-9,14-15H,2,5-7,10-13H2,(H,20,22). The van der Waals surface area contributed by atoms with Gasteiger partial charge in [-0.2, -0.15) is 0 Å². The number of rotatable bonds is 6. The molecule has 0 bridgehead atoms. The van der Waals surface area contributed by atoms with Gasteiger partial charge in [-0.3, -0.25) is 4.79 Å². The van der Waals surface area contributed by atoms with Gasteiger partial charge in [0.15, 0.2) is 0 Å². The molecule has 1 aromatic carbocycles. The van der Waals surface area contributed by atoms with E-state index in [1.54, 1.807) is 12.4 Å². The first-order valence-corrected chi connectivity index (χ1v) is 8.72. The van der Waals surface area contributed by atoms with Crippen LogP contribution in [0.1, 0.15) is 41.7 Å². The van der Waals surface area contributed by atoms with Gasteiger partial charge in [0.2, 0.25) is 0 Å². The lowest BCUT2D eigenvalue weighted by atomic mass is 10.1. The Balaban J connectivity index is 1.45. The highest BCUT2D eigenvalue weighted by atomic mass is 16.2. The van der Waals surface area contributed by atoms with Crippen LogP contribution >= 0.6 is 0 Å². The summed E-state index contributed by atoms with van der Waals surface area (Å²) in [5.41, 5.74) is 1.78. The fourth-order valence-corrected chi connectivity index (χ4v) is 2.94. The van der Waals surface area contributed by atoms with Crippen LogP contribution in [0.2, 0.25) is 0 Å². The lowest BCUT2D eigenvalue weighted by molar-refractivity contribution is 0.0718. The number of nitrogens with one attached hydrogen (secondary N) is 1. The SMILES string of the molecule is O=C(c1cnc(NCCCc2ccccc2)cn1)N1CCCCC1. The molecule has 0 atom stereocenters. The van der Waals surface area contributed by atoms with Crippen LogP contribution < -0.4 is 5.32 Å². The Kier molecular flexibility index (Phi) is 5.77. The zero-order valence-corrected chi connectivity index (χ0v) is 13.9. The molecule has 0 spiro atoms. The van der Waals surface area contributed by atoms with Gasteiger partial charge in [0, 0.05) is 19.6 Å². The van der Waals surface area contributed by atoms with Gasteiger partial charge in [-0.15, -0.1) is 0 Å². The molecule has 1 aromatic heterocycles. The van der Waals surface area contributed by atoms with Crippen LogP contribution in [0.25, 0.3) is 0 Å². The fraction of sp³-hybridized carbons (Fsp3) is 0.421. The smallest absolute Gasteiger partial charge is 0.274 e. The van der Waals surface area contributed by atoms with E-state index >= 15 is 0 Å². The third-order valence-corrected chi connectivity index (χ3v) is 4.31. The van der Waals surface area contributed by atoms with Crippen LogP contribution in [0, 0.1) is 0 Å². The van der Waals surface area contributed by atoms with E-state index in [1.807, 2.05) is 11.0 Å². The molecule has 1 aliphatic heterocycles. The molecule has 3 rings (SSSR count). The van der Waals surface area contributed by atoms with E-state index in [0.717, 1.165) is 51.1 Å². The average Bonchev–Trinajstić information content (AvgIpc) is 2.67. The minimum Gasteiger partial charge on any atom is -0.369 e. The minimum atomic E-state index is -0.00201. The van der Waals surface area contributed by atoms with Gasteiger partial charge in [0.05, 0.1) is 12.4 Å². The molecule has 24 heavy (non-hydrogen) atoms.